The summed E-state index contributed by atoms with van der Waals surface area (Å²) in [6.07, 6.45) is 0.523. The van der Waals surface area contributed by atoms with E-state index in [-0.39, 0.29) is 30.1 Å². The number of rotatable bonds is 6. The van der Waals surface area contributed by atoms with Gasteiger partial charge in [0.05, 0.1) is 12.7 Å². The molecule has 0 atom stereocenters. The number of carbonyl (C=O) groups excluding carboxylic acids is 3. The van der Waals surface area contributed by atoms with Crippen LogP contribution in [-0.2, 0) is 14.3 Å². The van der Waals surface area contributed by atoms with Crippen molar-refractivity contribution in [1.29, 1.82) is 0 Å². The Morgan fingerprint density at radius 3 is 2.37 bits per heavy atom. The van der Waals surface area contributed by atoms with Crippen LogP contribution in [0.2, 0.25) is 0 Å². The van der Waals surface area contributed by atoms with Crippen molar-refractivity contribution in [2.75, 3.05) is 7.11 Å². The molecule has 6 heteroatoms. The zero-order valence-electron chi connectivity index (χ0n) is 10.5. The van der Waals surface area contributed by atoms with Crippen LogP contribution in [0.4, 0.5) is 0 Å². The van der Waals surface area contributed by atoms with E-state index in [9.17, 15) is 14.4 Å². The second-order valence-electron chi connectivity index (χ2n) is 3.76. The molecule has 0 saturated heterocycles. The van der Waals surface area contributed by atoms with Gasteiger partial charge in [-0.05, 0) is 18.6 Å². The summed E-state index contributed by atoms with van der Waals surface area (Å²) < 4.78 is 9.48. The van der Waals surface area contributed by atoms with Crippen molar-refractivity contribution >= 4 is 17.8 Å². The predicted octanol–water partition coefficient (Wildman–Crippen LogP) is 1.03. The van der Waals surface area contributed by atoms with Crippen LogP contribution < -0.4 is 10.5 Å². The number of methoxy groups -OCH3 is 1. The average molecular weight is 265 g/mol. The summed E-state index contributed by atoms with van der Waals surface area (Å²) in [4.78, 5) is 33.5. The van der Waals surface area contributed by atoms with Crippen LogP contribution in [0.15, 0.2) is 24.3 Å². The van der Waals surface area contributed by atoms with E-state index in [0.29, 0.717) is 6.42 Å². The summed E-state index contributed by atoms with van der Waals surface area (Å²) in [5, 5.41) is 0. The lowest BCUT2D eigenvalue weighted by Gasteiger charge is -2.07. The van der Waals surface area contributed by atoms with Crippen molar-refractivity contribution < 1.29 is 23.9 Å². The molecule has 0 aliphatic heterocycles. The van der Waals surface area contributed by atoms with E-state index < -0.39 is 11.9 Å². The standard InChI is InChI=1S/C13H15NO5/c1-18-11(15)7-4-8-12(16)19-10-6-3-2-5-9(10)13(14)17/h2-3,5-6H,4,7-8H2,1H3,(H2,14,17). The lowest BCUT2D eigenvalue weighted by Crippen LogP contribution is -2.16. The molecule has 0 aliphatic rings. The van der Waals surface area contributed by atoms with Gasteiger partial charge in [-0.3, -0.25) is 14.4 Å². The summed E-state index contributed by atoms with van der Waals surface area (Å²) in [5.74, 6) is -1.46. The van der Waals surface area contributed by atoms with Gasteiger partial charge in [-0.15, -0.1) is 0 Å². The number of ether oxygens (including phenoxy) is 2. The van der Waals surface area contributed by atoms with Crippen LogP contribution in [0.5, 0.6) is 5.75 Å². The second-order valence-corrected chi connectivity index (χ2v) is 3.76. The van der Waals surface area contributed by atoms with Crippen molar-refractivity contribution in [3.05, 3.63) is 29.8 Å². The van der Waals surface area contributed by atoms with E-state index in [4.69, 9.17) is 10.5 Å². The van der Waals surface area contributed by atoms with E-state index in [1.165, 1.54) is 19.2 Å². The molecular formula is C13H15NO5. The van der Waals surface area contributed by atoms with Crippen LogP contribution in [-0.4, -0.2) is 25.0 Å². The van der Waals surface area contributed by atoms with Crippen molar-refractivity contribution in [2.24, 2.45) is 5.73 Å². The first-order valence-electron chi connectivity index (χ1n) is 5.71. The lowest BCUT2D eigenvalue weighted by atomic mass is 10.2. The molecule has 0 fully saturated rings. The highest BCUT2D eigenvalue weighted by Gasteiger charge is 2.12. The third-order valence-corrected chi connectivity index (χ3v) is 2.37. The van der Waals surface area contributed by atoms with Crippen LogP contribution in [0, 0.1) is 0 Å². The Labute approximate surface area is 110 Å². The Hall–Kier alpha value is -2.37. The molecule has 0 spiro atoms. The van der Waals surface area contributed by atoms with Gasteiger partial charge >= 0.3 is 11.9 Å². The minimum absolute atomic E-state index is 0.0577. The van der Waals surface area contributed by atoms with Crippen LogP contribution in [0.25, 0.3) is 0 Å². The number of hydrogen-bond donors (Lipinski definition) is 1. The molecule has 1 aromatic rings. The second kappa shape index (κ2) is 7.15. The molecule has 1 rings (SSSR count). The quantitative estimate of drug-likeness (QED) is 0.612. The Bertz CT molecular complexity index is 484. The molecule has 0 bridgehead atoms. The number of benzene rings is 1. The van der Waals surface area contributed by atoms with Gasteiger partial charge in [0.2, 0.25) is 0 Å². The predicted molar refractivity (Wildman–Crippen MR) is 66.5 cm³/mol. The molecule has 2 N–H and O–H groups in total. The average Bonchev–Trinajstić information content (AvgIpc) is 2.38. The largest absolute Gasteiger partial charge is 0.469 e. The number of para-hydroxylation sites is 1. The summed E-state index contributed by atoms with van der Waals surface area (Å²) >= 11 is 0. The van der Waals surface area contributed by atoms with Gasteiger partial charge in [0.25, 0.3) is 5.91 Å². The van der Waals surface area contributed by atoms with Gasteiger partial charge in [0, 0.05) is 12.8 Å². The molecule has 0 saturated carbocycles. The number of carbonyl (C=O) groups is 3. The van der Waals surface area contributed by atoms with Gasteiger partial charge in [0.15, 0.2) is 0 Å². The molecule has 0 unspecified atom stereocenters. The first-order chi connectivity index (χ1) is 9.04. The van der Waals surface area contributed by atoms with Gasteiger partial charge in [-0.25, -0.2) is 0 Å². The normalized spacial score (nSPS) is 9.74. The zero-order valence-corrected chi connectivity index (χ0v) is 10.5. The van der Waals surface area contributed by atoms with Gasteiger partial charge in [-0.2, -0.15) is 0 Å². The van der Waals surface area contributed by atoms with Crippen molar-refractivity contribution in [3.63, 3.8) is 0 Å². The fraction of sp³-hybridized carbons (Fsp3) is 0.308. The maximum Gasteiger partial charge on any atom is 0.311 e. The Balaban J connectivity index is 2.53. The van der Waals surface area contributed by atoms with Gasteiger partial charge in [0.1, 0.15) is 5.75 Å². The highest BCUT2D eigenvalue weighted by atomic mass is 16.5. The molecular weight excluding hydrogens is 250 g/mol. The van der Waals surface area contributed by atoms with Crippen molar-refractivity contribution in [3.8, 4) is 5.75 Å². The van der Waals surface area contributed by atoms with E-state index in [2.05, 4.69) is 4.74 Å². The summed E-state index contributed by atoms with van der Waals surface area (Å²) in [6, 6.07) is 6.20. The third kappa shape index (κ3) is 4.79. The van der Waals surface area contributed by atoms with Gasteiger partial charge < -0.3 is 15.2 Å². The molecule has 1 amide bonds. The minimum atomic E-state index is -0.669. The number of amides is 1. The van der Waals surface area contributed by atoms with E-state index in [0.717, 1.165) is 0 Å². The molecule has 19 heavy (non-hydrogen) atoms. The van der Waals surface area contributed by atoms with Gasteiger partial charge in [-0.1, -0.05) is 12.1 Å². The Morgan fingerprint density at radius 1 is 1.11 bits per heavy atom. The molecule has 1 aromatic carbocycles. The zero-order chi connectivity index (χ0) is 14.3. The fourth-order valence-corrected chi connectivity index (χ4v) is 1.41. The smallest absolute Gasteiger partial charge is 0.311 e. The maximum atomic E-state index is 11.5. The van der Waals surface area contributed by atoms with Crippen molar-refractivity contribution in [2.45, 2.75) is 19.3 Å². The number of nitrogens with two attached hydrogens (primary N) is 1. The fourth-order valence-electron chi connectivity index (χ4n) is 1.41. The summed E-state index contributed by atoms with van der Waals surface area (Å²) in [6.45, 7) is 0. The Morgan fingerprint density at radius 2 is 1.74 bits per heavy atom. The van der Waals surface area contributed by atoms with E-state index >= 15 is 0 Å². The molecule has 0 aromatic heterocycles. The summed E-state index contributed by atoms with van der Waals surface area (Å²) in [7, 11) is 1.28. The number of primary amides is 1. The third-order valence-electron chi connectivity index (χ3n) is 2.37. The molecule has 0 aliphatic carbocycles. The minimum Gasteiger partial charge on any atom is -0.469 e. The van der Waals surface area contributed by atoms with Crippen LogP contribution in [0.1, 0.15) is 29.6 Å². The van der Waals surface area contributed by atoms with Crippen LogP contribution >= 0.6 is 0 Å². The first kappa shape index (κ1) is 14.7. The SMILES string of the molecule is COC(=O)CCCC(=O)Oc1ccccc1C(N)=O. The number of hydrogen-bond acceptors (Lipinski definition) is 5. The molecule has 0 radical (unpaired) electrons. The van der Waals surface area contributed by atoms with Crippen molar-refractivity contribution in [1.82, 2.24) is 0 Å². The monoisotopic (exact) mass is 265 g/mol. The number of esters is 2. The highest BCUT2D eigenvalue weighted by Crippen LogP contribution is 2.18. The molecule has 102 valence electrons. The molecule has 0 heterocycles. The van der Waals surface area contributed by atoms with E-state index in [1.54, 1.807) is 12.1 Å². The van der Waals surface area contributed by atoms with E-state index in [1.807, 2.05) is 0 Å². The highest BCUT2D eigenvalue weighted by molar-refractivity contribution is 5.96. The maximum absolute atomic E-state index is 11.5. The topological polar surface area (TPSA) is 95.7 Å². The molecule has 6 nitrogen and oxygen atoms in total. The Kier molecular flexibility index (Phi) is 5.53. The van der Waals surface area contributed by atoms with Crippen LogP contribution in [0.3, 0.4) is 0 Å². The summed E-state index contributed by atoms with van der Waals surface area (Å²) in [5.41, 5.74) is 5.30. The first-order valence-corrected chi connectivity index (χ1v) is 5.71. The lowest BCUT2D eigenvalue weighted by molar-refractivity contribution is -0.141.